The van der Waals surface area contributed by atoms with Gasteiger partial charge in [0.2, 0.25) is 6.71 Å². The fourth-order valence-electron chi connectivity index (χ4n) is 10.0. The molecule has 0 amide bonds. The minimum Gasteiger partial charge on any atom is -0.310 e. The van der Waals surface area contributed by atoms with Gasteiger partial charge in [-0.25, -0.2) is 0 Å². The Hall–Kier alpha value is -5.60. The average Bonchev–Trinajstić information content (AvgIpc) is 3.59. The predicted octanol–water partition coefficient (Wildman–Crippen LogP) is 8.62. The Morgan fingerprint density at radius 2 is 1.12 bits per heavy atom. The maximum absolute atomic E-state index is 2.62. The normalized spacial score (nSPS) is 15.6. The summed E-state index contributed by atoms with van der Waals surface area (Å²) in [5.74, 6) is 0. The zero-order chi connectivity index (χ0) is 31.8. The highest BCUT2D eigenvalue weighted by Gasteiger charge is 2.52. The minimum atomic E-state index is -0.506. The Balaban J connectivity index is 1.39. The summed E-state index contributed by atoms with van der Waals surface area (Å²) >= 11 is 0. The monoisotopic (exact) mass is 609 g/mol. The quantitative estimate of drug-likeness (QED) is 0.173. The van der Waals surface area contributed by atoms with E-state index < -0.39 is 5.41 Å². The van der Waals surface area contributed by atoms with Gasteiger partial charge in [0, 0.05) is 27.4 Å². The molecule has 1 nitrogen and oxygen atoms in total. The van der Waals surface area contributed by atoms with Crippen LogP contribution in [0.1, 0.15) is 47.2 Å². The third kappa shape index (κ3) is 3.01. The van der Waals surface area contributed by atoms with Gasteiger partial charge in [0.05, 0.1) is 10.9 Å². The van der Waals surface area contributed by atoms with Crippen LogP contribution in [0.2, 0.25) is 0 Å². The minimum absolute atomic E-state index is 0.105. The molecule has 0 saturated carbocycles. The van der Waals surface area contributed by atoms with Gasteiger partial charge in [-0.05, 0) is 67.6 Å². The summed E-state index contributed by atoms with van der Waals surface area (Å²) in [5.41, 5.74) is 18.5. The topological polar surface area (TPSA) is 4.93 Å². The summed E-state index contributed by atoms with van der Waals surface area (Å²) in [6.45, 7) is 4.92. The van der Waals surface area contributed by atoms with Gasteiger partial charge in [-0.2, -0.15) is 0 Å². The van der Waals surface area contributed by atoms with Crippen LogP contribution in [-0.2, 0) is 10.8 Å². The number of aromatic nitrogens is 1. The van der Waals surface area contributed by atoms with Crippen LogP contribution in [0, 0.1) is 0 Å². The van der Waals surface area contributed by atoms with Crippen molar-refractivity contribution in [2.75, 3.05) is 0 Å². The third-order valence-electron chi connectivity index (χ3n) is 11.9. The van der Waals surface area contributed by atoms with E-state index in [1.54, 1.807) is 0 Å². The van der Waals surface area contributed by atoms with Crippen LogP contribution in [-0.4, -0.2) is 11.3 Å². The molecule has 1 aromatic heterocycles. The molecule has 0 unspecified atom stereocenters. The van der Waals surface area contributed by atoms with Crippen LogP contribution in [0.5, 0.6) is 0 Å². The van der Waals surface area contributed by atoms with E-state index in [9.17, 15) is 0 Å². The van der Waals surface area contributed by atoms with Gasteiger partial charge in [-0.15, -0.1) is 0 Å². The number of benzene rings is 7. The molecule has 3 heterocycles. The molecule has 224 valence electrons. The molecule has 11 rings (SSSR count). The lowest BCUT2D eigenvalue weighted by Gasteiger charge is -2.47. The molecule has 3 aliphatic rings. The summed E-state index contributed by atoms with van der Waals surface area (Å²) in [6, 6.07) is 59.9. The Bertz CT molecular complexity index is 2600. The lowest BCUT2D eigenvalue weighted by atomic mass is 9.29. The van der Waals surface area contributed by atoms with Crippen LogP contribution in [0.3, 0.4) is 0 Å². The molecular weight excluding hydrogens is 577 g/mol. The van der Waals surface area contributed by atoms with Gasteiger partial charge in [0.15, 0.2) is 0 Å². The number of fused-ring (bicyclic) bond motifs is 10. The largest absolute Gasteiger partial charge is 0.310 e. The molecule has 8 aromatic rings. The molecule has 0 N–H and O–H groups in total. The SMILES string of the molecule is CC1(C)c2ccccc2-c2cc3c(cc21)C(c1ccccc1)(c1ccccc1)c1cccc2c1B3c1cccc3c4ccccc4n-2c13. The van der Waals surface area contributed by atoms with Crippen molar-refractivity contribution < 1.29 is 0 Å². The fourth-order valence-corrected chi connectivity index (χ4v) is 10.0. The summed E-state index contributed by atoms with van der Waals surface area (Å²) in [5, 5.41) is 2.64. The van der Waals surface area contributed by atoms with E-state index in [0.29, 0.717) is 0 Å². The zero-order valence-electron chi connectivity index (χ0n) is 27.0. The maximum atomic E-state index is 2.62. The van der Waals surface area contributed by atoms with E-state index >= 15 is 0 Å². The lowest BCUT2D eigenvalue weighted by molar-refractivity contribution is 0.655. The highest BCUT2D eigenvalue weighted by atomic mass is 15.0. The van der Waals surface area contributed by atoms with Gasteiger partial charge in [0.1, 0.15) is 0 Å². The second kappa shape index (κ2) is 9.05. The average molecular weight is 610 g/mol. The van der Waals surface area contributed by atoms with Crippen LogP contribution in [0.4, 0.5) is 0 Å². The fraction of sp³-hybridized carbons (Fsp3) is 0.0870. The third-order valence-corrected chi connectivity index (χ3v) is 11.9. The van der Waals surface area contributed by atoms with E-state index in [0.717, 1.165) is 0 Å². The van der Waals surface area contributed by atoms with Crippen molar-refractivity contribution in [1.29, 1.82) is 0 Å². The Kier molecular flexibility index (Phi) is 4.99. The first-order valence-electron chi connectivity index (χ1n) is 17.2. The second-order valence-electron chi connectivity index (χ2n) is 14.4. The second-order valence-corrected chi connectivity index (χ2v) is 14.4. The highest BCUT2D eigenvalue weighted by molar-refractivity contribution is 6.99. The molecule has 0 saturated heterocycles. The summed E-state index contributed by atoms with van der Waals surface area (Å²) in [4.78, 5) is 0. The predicted molar refractivity (Wildman–Crippen MR) is 201 cm³/mol. The molecule has 0 radical (unpaired) electrons. The van der Waals surface area contributed by atoms with E-state index in [1.165, 1.54) is 88.4 Å². The van der Waals surface area contributed by atoms with Gasteiger partial charge in [-0.1, -0.05) is 165 Å². The van der Waals surface area contributed by atoms with E-state index in [-0.39, 0.29) is 12.1 Å². The van der Waals surface area contributed by atoms with Crippen LogP contribution < -0.4 is 16.4 Å². The Morgan fingerprint density at radius 1 is 0.479 bits per heavy atom. The van der Waals surface area contributed by atoms with Crippen molar-refractivity contribution in [1.82, 2.24) is 4.57 Å². The molecular formula is C46H32BN. The summed E-state index contributed by atoms with van der Waals surface area (Å²) < 4.78 is 2.56. The standard InChI is InChI=1S/C46H32BN/c1-45(2)35-22-11-9-19-31(35)34-27-40-38(28-37(34)45)46(29-15-5-3-6-16-29,30-17-7-4-8-18-30)36-23-14-26-42-43(36)47(40)39-24-13-21-33-32-20-10-12-25-41(32)48(42)44(33)39/h3-28H,1-2H3. The molecule has 0 atom stereocenters. The lowest BCUT2D eigenvalue weighted by Crippen LogP contribution is -2.64. The zero-order valence-corrected chi connectivity index (χ0v) is 27.0. The number of hydrogen-bond acceptors (Lipinski definition) is 0. The maximum Gasteiger partial charge on any atom is 0.247 e. The number of nitrogens with zero attached hydrogens (tertiary/aromatic N) is 1. The molecule has 0 spiro atoms. The van der Waals surface area contributed by atoms with Crippen molar-refractivity contribution in [2.45, 2.75) is 24.7 Å². The first-order valence-corrected chi connectivity index (χ1v) is 17.2. The highest BCUT2D eigenvalue weighted by Crippen LogP contribution is 2.53. The van der Waals surface area contributed by atoms with E-state index in [4.69, 9.17) is 0 Å². The first-order chi connectivity index (χ1) is 23.6. The first kappa shape index (κ1) is 26.5. The number of rotatable bonds is 2. The number of hydrogen-bond donors (Lipinski definition) is 0. The van der Waals surface area contributed by atoms with Gasteiger partial charge in [0.25, 0.3) is 0 Å². The molecule has 1 aliphatic carbocycles. The van der Waals surface area contributed by atoms with Crippen molar-refractivity contribution >= 4 is 44.9 Å². The summed E-state index contributed by atoms with van der Waals surface area (Å²) in [7, 11) is 0. The van der Waals surface area contributed by atoms with Crippen molar-refractivity contribution in [3.63, 3.8) is 0 Å². The number of para-hydroxylation sites is 2. The Morgan fingerprint density at radius 3 is 1.92 bits per heavy atom. The summed E-state index contributed by atoms with van der Waals surface area (Å²) in [6.07, 6.45) is 0. The van der Waals surface area contributed by atoms with Gasteiger partial charge < -0.3 is 4.57 Å². The van der Waals surface area contributed by atoms with Crippen molar-refractivity contribution in [2.24, 2.45) is 0 Å². The molecule has 2 aliphatic heterocycles. The molecule has 2 heteroatoms. The van der Waals surface area contributed by atoms with Crippen molar-refractivity contribution in [3.05, 3.63) is 191 Å². The Labute approximate surface area is 281 Å². The van der Waals surface area contributed by atoms with E-state index in [1.807, 2.05) is 0 Å². The van der Waals surface area contributed by atoms with E-state index in [2.05, 4.69) is 176 Å². The van der Waals surface area contributed by atoms with Gasteiger partial charge in [-0.3, -0.25) is 0 Å². The molecule has 48 heavy (non-hydrogen) atoms. The molecule has 7 aromatic carbocycles. The van der Waals surface area contributed by atoms with Gasteiger partial charge >= 0.3 is 0 Å². The van der Waals surface area contributed by atoms with Crippen LogP contribution >= 0.6 is 0 Å². The smallest absolute Gasteiger partial charge is 0.247 e. The molecule has 0 bridgehead atoms. The van der Waals surface area contributed by atoms with Crippen molar-refractivity contribution in [3.8, 4) is 16.8 Å². The van der Waals surface area contributed by atoms with Crippen LogP contribution in [0.15, 0.2) is 158 Å². The molecule has 0 fully saturated rings. The van der Waals surface area contributed by atoms with Crippen LogP contribution in [0.25, 0.3) is 38.6 Å².